The van der Waals surface area contributed by atoms with E-state index in [1.54, 1.807) is 0 Å². The molecule has 1 N–H and O–H groups in total. The molecule has 1 aromatic carbocycles. The van der Waals surface area contributed by atoms with Crippen LogP contribution in [0, 0.1) is 6.07 Å². The topological polar surface area (TPSA) is 42.2 Å². The number of aromatic nitrogens is 1. The Morgan fingerprint density at radius 1 is 1.43 bits per heavy atom. The summed E-state index contributed by atoms with van der Waals surface area (Å²) in [5.41, 5.74) is -0.0792. The summed E-state index contributed by atoms with van der Waals surface area (Å²) >= 11 is 8.87. The zero-order chi connectivity index (χ0) is 14.9. The van der Waals surface area contributed by atoms with E-state index >= 15 is 0 Å². The van der Waals surface area contributed by atoms with E-state index in [1.807, 2.05) is 0 Å². The molecule has 0 unspecified atom stereocenters. The molecule has 0 saturated heterocycles. The van der Waals surface area contributed by atoms with E-state index in [1.165, 1.54) is 24.3 Å². The summed E-state index contributed by atoms with van der Waals surface area (Å²) in [6.07, 6.45) is -2.70. The third-order valence-electron chi connectivity index (χ3n) is 2.58. The first-order valence-electron chi connectivity index (χ1n) is 5.48. The van der Waals surface area contributed by atoms with Crippen LogP contribution in [0.25, 0.3) is 11.3 Å². The molecule has 21 heavy (non-hydrogen) atoms. The maximum Gasteiger partial charge on any atom is 0.256 e. The van der Waals surface area contributed by atoms with Crippen molar-refractivity contribution >= 4 is 27.5 Å². The van der Waals surface area contributed by atoms with Gasteiger partial charge in [0.25, 0.3) is 6.43 Å². The number of hydrogen-bond donors (Lipinski definition) is 1. The van der Waals surface area contributed by atoms with Crippen molar-refractivity contribution in [3.05, 3.63) is 50.2 Å². The number of phenols is 1. The van der Waals surface area contributed by atoms with E-state index in [2.05, 4.69) is 22.0 Å². The van der Waals surface area contributed by atoms with Gasteiger partial charge >= 0.3 is 0 Å². The molecule has 109 valence electrons. The number of phenolic OH excluding ortho intramolecular Hbond substituents is 1. The first kappa shape index (κ1) is 18.8. The molecule has 0 aliphatic heterocycles. The Morgan fingerprint density at radius 3 is 2.67 bits per heavy atom. The van der Waals surface area contributed by atoms with Crippen molar-refractivity contribution in [2.75, 3.05) is 0 Å². The first-order valence-corrected chi connectivity index (χ1v) is 6.65. The van der Waals surface area contributed by atoms with E-state index in [4.69, 9.17) is 11.6 Å². The number of aromatic hydroxyl groups is 1. The molecule has 0 saturated carbocycles. The second-order valence-corrected chi connectivity index (χ2v) is 5.22. The molecule has 0 aliphatic carbocycles. The van der Waals surface area contributed by atoms with Gasteiger partial charge in [-0.15, -0.1) is 6.07 Å². The van der Waals surface area contributed by atoms with Crippen molar-refractivity contribution in [2.24, 2.45) is 0 Å². The molecule has 0 spiro atoms. The second-order valence-electron chi connectivity index (χ2n) is 3.96. The van der Waals surface area contributed by atoms with Gasteiger partial charge in [0.05, 0.1) is 6.54 Å². The van der Waals surface area contributed by atoms with E-state index in [0.717, 1.165) is 4.57 Å². The van der Waals surface area contributed by atoms with E-state index in [-0.39, 0.29) is 49.2 Å². The van der Waals surface area contributed by atoms with Crippen LogP contribution in [0.3, 0.4) is 0 Å². The molecule has 0 amide bonds. The van der Waals surface area contributed by atoms with Crippen LogP contribution in [0.15, 0.2) is 33.5 Å². The number of halogens is 4. The summed E-state index contributed by atoms with van der Waals surface area (Å²) in [6, 6.07) is 8.24. The van der Waals surface area contributed by atoms with Crippen molar-refractivity contribution in [3.63, 3.8) is 0 Å². The first-order chi connectivity index (χ1) is 9.40. The molecule has 0 fully saturated rings. The Balaban J connectivity index is 0.00000220. The molecule has 2 rings (SSSR count). The largest absolute Gasteiger partial charge is 0.508 e. The Hall–Kier alpha value is -0.296. The Bertz CT molecular complexity index is 709. The predicted octanol–water partition coefficient (Wildman–Crippen LogP) is 3.70. The minimum absolute atomic E-state index is 0. The van der Waals surface area contributed by atoms with Gasteiger partial charge in [-0.25, -0.2) is 8.78 Å². The van der Waals surface area contributed by atoms with Crippen LogP contribution in [0.5, 0.6) is 5.75 Å². The number of hydrogen-bond acceptors (Lipinski definition) is 2. The van der Waals surface area contributed by atoms with Gasteiger partial charge in [-0.3, -0.25) is 4.79 Å². The van der Waals surface area contributed by atoms with E-state index in [0.29, 0.717) is 10.0 Å². The zero-order valence-corrected chi connectivity index (χ0v) is 15.7. The second kappa shape index (κ2) is 7.81. The summed E-state index contributed by atoms with van der Waals surface area (Å²) in [6.45, 7) is -0.779. The van der Waals surface area contributed by atoms with Crippen molar-refractivity contribution in [3.8, 4) is 17.0 Å². The monoisotopic (exact) mass is 451 g/mol. The molecular formula is C13H8BrClF2NO2Y-. The standard InChI is InChI=1S/C13H8BrClF2NO2.Y/c14-9-5-7(19)1-2-8(9)11-4-3-10(15)13(20)18(11)6-12(16)17;/h1-3,5,12,19H,6H2;/q-1;. The molecule has 0 bridgehead atoms. The van der Waals surface area contributed by atoms with Crippen LogP contribution in [0.1, 0.15) is 0 Å². The SMILES string of the molecule is O=c1c(Cl)c[c-]c(-c2ccc(O)cc2Br)n1CC(F)F.[Y]. The number of rotatable bonds is 3. The van der Waals surface area contributed by atoms with Crippen molar-refractivity contribution in [2.45, 2.75) is 13.0 Å². The molecule has 8 heteroatoms. The molecule has 1 aromatic heterocycles. The summed E-state index contributed by atoms with van der Waals surface area (Å²) in [4.78, 5) is 11.9. The average molecular weight is 452 g/mol. The third-order valence-corrected chi connectivity index (χ3v) is 3.51. The van der Waals surface area contributed by atoms with Crippen LogP contribution in [-0.2, 0) is 39.3 Å². The number of benzene rings is 1. The minimum Gasteiger partial charge on any atom is -0.508 e. The van der Waals surface area contributed by atoms with Gasteiger partial charge in [-0.1, -0.05) is 27.2 Å². The van der Waals surface area contributed by atoms with Crippen molar-refractivity contribution < 1.29 is 46.6 Å². The van der Waals surface area contributed by atoms with Gasteiger partial charge in [0.15, 0.2) is 0 Å². The third kappa shape index (κ3) is 4.34. The van der Waals surface area contributed by atoms with Crippen LogP contribution in [-0.4, -0.2) is 16.1 Å². The Morgan fingerprint density at radius 2 is 2.10 bits per heavy atom. The van der Waals surface area contributed by atoms with Gasteiger partial charge in [0, 0.05) is 37.7 Å². The van der Waals surface area contributed by atoms with Crippen LogP contribution >= 0.6 is 27.5 Å². The quantitative estimate of drug-likeness (QED) is 0.722. The molecule has 0 aliphatic rings. The van der Waals surface area contributed by atoms with Gasteiger partial charge in [-0.2, -0.15) is 23.7 Å². The van der Waals surface area contributed by atoms with Gasteiger partial charge in [-0.05, 0) is 16.6 Å². The molecule has 1 radical (unpaired) electrons. The number of pyridine rings is 1. The zero-order valence-electron chi connectivity index (χ0n) is 10.5. The van der Waals surface area contributed by atoms with E-state index in [9.17, 15) is 18.7 Å². The smallest absolute Gasteiger partial charge is 0.256 e. The molecule has 1 heterocycles. The van der Waals surface area contributed by atoms with Crippen molar-refractivity contribution in [1.29, 1.82) is 0 Å². The predicted molar refractivity (Wildman–Crippen MR) is 75.4 cm³/mol. The van der Waals surface area contributed by atoms with E-state index < -0.39 is 18.5 Å². The summed E-state index contributed by atoms with van der Waals surface area (Å²) < 4.78 is 26.6. The molecular weight excluding hydrogens is 444 g/mol. The van der Waals surface area contributed by atoms with Gasteiger partial charge in [0.1, 0.15) is 5.75 Å². The van der Waals surface area contributed by atoms with Crippen LogP contribution < -0.4 is 5.56 Å². The Labute approximate surface area is 157 Å². The normalized spacial score (nSPS) is 10.5. The maximum absolute atomic E-state index is 12.6. The molecule has 0 atom stereocenters. The van der Waals surface area contributed by atoms with Gasteiger partial charge < -0.3 is 9.67 Å². The fourth-order valence-corrected chi connectivity index (χ4v) is 2.44. The van der Waals surface area contributed by atoms with Crippen LogP contribution in [0.2, 0.25) is 5.02 Å². The fourth-order valence-electron chi connectivity index (χ4n) is 1.73. The maximum atomic E-state index is 12.6. The Kier molecular flexibility index (Phi) is 6.98. The number of alkyl halides is 2. The summed E-state index contributed by atoms with van der Waals surface area (Å²) in [5.74, 6) is 0.0114. The van der Waals surface area contributed by atoms with Gasteiger partial charge in [0.2, 0.25) is 5.56 Å². The minimum atomic E-state index is -2.70. The molecule has 2 aromatic rings. The summed E-state index contributed by atoms with van der Waals surface area (Å²) in [5, 5.41) is 9.17. The fraction of sp³-hybridized carbons (Fsp3) is 0.154. The molecule has 3 nitrogen and oxygen atoms in total. The number of nitrogens with zero attached hydrogens (tertiary/aromatic N) is 1. The van der Waals surface area contributed by atoms with Crippen LogP contribution in [0.4, 0.5) is 8.78 Å². The average Bonchev–Trinajstić information content (AvgIpc) is 2.36. The van der Waals surface area contributed by atoms with Crippen molar-refractivity contribution in [1.82, 2.24) is 4.57 Å². The summed E-state index contributed by atoms with van der Waals surface area (Å²) in [7, 11) is 0.